The number of hydrogen-bond acceptors (Lipinski definition) is 6. The molecule has 0 saturated heterocycles. The maximum absolute atomic E-state index is 12.3. The van der Waals surface area contributed by atoms with Gasteiger partial charge < -0.3 is 27.4 Å². The van der Waals surface area contributed by atoms with E-state index in [1.54, 1.807) is 0 Å². The SMILES string of the molecule is NCCCCC(N)C(=O)NCC(=O)Nc1ccc(Nc2c3ccccc3nc3ccccc23)cc1. The number of fused-ring (bicyclic) bond motifs is 2. The Morgan fingerprint density at radius 1 is 0.829 bits per heavy atom. The van der Waals surface area contributed by atoms with Crippen LogP contribution in [-0.2, 0) is 9.59 Å². The van der Waals surface area contributed by atoms with Crippen LogP contribution in [0.5, 0.6) is 0 Å². The van der Waals surface area contributed by atoms with Crippen molar-refractivity contribution in [2.45, 2.75) is 25.3 Å². The average Bonchev–Trinajstić information content (AvgIpc) is 2.88. The predicted octanol–water partition coefficient (Wildman–Crippen LogP) is 3.64. The second kappa shape index (κ2) is 11.4. The first-order valence-corrected chi connectivity index (χ1v) is 11.7. The third kappa shape index (κ3) is 6.11. The number of pyridine rings is 1. The van der Waals surface area contributed by atoms with Gasteiger partial charge in [-0.05, 0) is 55.8 Å². The molecule has 4 rings (SSSR count). The summed E-state index contributed by atoms with van der Waals surface area (Å²) in [5, 5.41) is 10.9. The van der Waals surface area contributed by atoms with Crippen molar-refractivity contribution in [1.29, 1.82) is 0 Å². The van der Waals surface area contributed by atoms with Crippen molar-refractivity contribution in [2.75, 3.05) is 23.7 Å². The molecule has 7 N–H and O–H groups in total. The fourth-order valence-corrected chi connectivity index (χ4v) is 3.90. The lowest BCUT2D eigenvalue weighted by atomic mass is 10.1. The monoisotopic (exact) mass is 470 g/mol. The summed E-state index contributed by atoms with van der Waals surface area (Å²) in [5.74, 6) is -0.659. The zero-order valence-corrected chi connectivity index (χ0v) is 19.5. The number of anilines is 3. The third-order valence-electron chi connectivity index (χ3n) is 5.75. The highest BCUT2D eigenvalue weighted by atomic mass is 16.2. The lowest BCUT2D eigenvalue weighted by molar-refractivity contribution is -0.125. The number of para-hydroxylation sites is 2. The highest BCUT2D eigenvalue weighted by Gasteiger charge is 2.14. The third-order valence-corrected chi connectivity index (χ3v) is 5.75. The molecule has 0 aliphatic heterocycles. The number of hydrogen-bond donors (Lipinski definition) is 5. The van der Waals surface area contributed by atoms with E-state index in [-0.39, 0.29) is 18.4 Å². The molecule has 0 bridgehead atoms. The van der Waals surface area contributed by atoms with Gasteiger partial charge in [-0.25, -0.2) is 4.98 Å². The first-order valence-electron chi connectivity index (χ1n) is 11.7. The number of nitrogens with one attached hydrogen (secondary N) is 3. The molecule has 35 heavy (non-hydrogen) atoms. The van der Waals surface area contributed by atoms with E-state index in [9.17, 15) is 9.59 Å². The van der Waals surface area contributed by atoms with Crippen LogP contribution in [0.2, 0.25) is 0 Å². The Balaban J connectivity index is 1.39. The topological polar surface area (TPSA) is 135 Å². The van der Waals surface area contributed by atoms with Crippen LogP contribution < -0.4 is 27.4 Å². The van der Waals surface area contributed by atoms with Gasteiger partial charge in [-0.2, -0.15) is 0 Å². The van der Waals surface area contributed by atoms with Crippen LogP contribution in [0.1, 0.15) is 19.3 Å². The molecule has 0 aliphatic rings. The number of carbonyl (C=O) groups is 2. The van der Waals surface area contributed by atoms with Crippen LogP contribution >= 0.6 is 0 Å². The predicted molar refractivity (Wildman–Crippen MR) is 141 cm³/mol. The largest absolute Gasteiger partial charge is 0.354 e. The van der Waals surface area contributed by atoms with Gasteiger partial charge in [-0.3, -0.25) is 9.59 Å². The van der Waals surface area contributed by atoms with E-state index < -0.39 is 6.04 Å². The van der Waals surface area contributed by atoms with E-state index >= 15 is 0 Å². The molecule has 8 heteroatoms. The highest BCUT2D eigenvalue weighted by molar-refractivity contribution is 6.08. The summed E-state index contributed by atoms with van der Waals surface area (Å²) in [7, 11) is 0. The van der Waals surface area contributed by atoms with Gasteiger partial charge in [-0.1, -0.05) is 42.8 Å². The first-order chi connectivity index (χ1) is 17.0. The van der Waals surface area contributed by atoms with E-state index in [4.69, 9.17) is 16.5 Å². The molecular weight excluding hydrogens is 440 g/mol. The molecule has 3 aromatic carbocycles. The molecule has 180 valence electrons. The summed E-state index contributed by atoms with van der Waals surface area (Å²) >= 11 is 0. The molecule has 1 unspecified atom stereocenters. The van der Waals surface area contributed by atoms with Crippen LogP contribution in [0.25, 0.3) is 21.8 Å². The number of benzene rings is 3. The molecule has 0 saturated carbocycles. The molecule has 8 nitrogen and oxygen atoms in total. The highest BCUT2D eigenvalue weighted by Crippen LogP contribution is 2.33. The number of aromatic nitrogens is 1. The Bertz CT molecular complexity index is 1270. The Morgan fingerprint density at radius 3 is 2.06 bits per heavy atom. The smallest absolute Gasteiger partial charge is 0.243 e. The molecule has 2 amide bonds. The van der Waals surface area contributed by atoms with Gasteiger partial charge in [0.15, 0.2) is 0 Å². The molecule has 0 spiro atoms. The zero-order valence-electron chi connectivity index (χ0n) is 19.5. The molecule has 1 heterocycles. The van der Waals surface area contributed by atoms with Crippen LogP contribution in [0.15, 0.2) is 72.8 Å². The van der Waals surface area contributed by atoms with Crippen LogP contribution in [0.3, 0.4) is 0 Å². The van der Waals surface area contributed by atoms with Crippen molar-refractivity contribution < 1.29 is 9.59 Å². The molecule has 0 fully saturated rings. The second-order valence-electron chi connectivity index (χ2n) is 8.38. The van der Waals surface area contributed by atoms with Gasteiger partial charge in [0.25, 0.3) is 0 Å². The van der Waals surface area contributed by atoms with Gasteiger partial charge in [0, 0.05) is 22.1 Å². The normalized spacial score (nSPS) is 11.8. The summed E-state index contributed by atoms with van der Waals surface area (Å²) < 4.78 is 0. The number of unbranched alkanes of at least 4 members (excludes halogenated alkanes) is 1. The van der Waals surface area contributed by atoms with E-state index in [1.165, 1.54) is 0 Å². The summed E-state index contributed by atoms with van der Waals surface area (Å²) in [6.45, 7) is 0.430. The van der Waals surface area contributed by atoms with E-state index in [0.29, 0.717) is 18.7 Å². The zero-order chi connectivity index (χ0) is 24.6. The first kappa shape index (κ1) is 24.1. The van der Waals surface area contributed by atoms with E-state index in [1.807, 2.05) is 72.8 Å². The Kier molecular flexibility index (Phi) is 7.87. The van der Waals surface area contributed by atoms with Crippen LogP contribution in [0, 0.1) is 0 Å². The van der Waals surface area contributed by atoms with Gasteiger partial charge >= 0.3 is 0 Å². The number of nitrogens with zero attached hydrogens (tertiary/aromatic N) is 1. The number of carbonyl (C=O) groups excluding carboxylic acids is 2. The fraction of sp³-hybridized carbons (Fsp3) is 0.222. The fourth-order valence-electron chi connectivity index (χ4n) is 3.90. The number of nitrogens with two attached hydrogens (primary N) is 2. The summed E-state index contributed by atoms with van der Waals surface area (Å²) in [5.41, 5.74) is 15.6. The minimum atomic E-state index is -0.639. The minimum absolute atomic E-state index is 0.140. The van der Waals surface area contributed by atoms with E-state index in [2.05, 4.69) is 16.0 Å². The second-order valence-corrected chi connectivity index (χ2v) is 8.38. The van der Waals surface area contributed by atoms with Crippen molar-refractivity contribution in [3.8, 4) is 0 Å². The molecule has 1 atom stereocenters. The van der Waals surface area contributed by atoms with Crippen molar-refractivity contribution >= 4 is 50.7 Å². The molecular formula is C27H30N6O2. The van der Waals surface area contributed by atoms with Gasteiger partial charge in [0.2, 0.25) is 11.8 Å². The minimum Gasteiger partial charge on any atom is -0.354 e. The Morgan fingerprint density at radius 2 is 1.43 bits per heavy atom. The molecule has 4 aromatic rings. The molecule has 0 aliphatic carbocycles. The van der Waals surface area contributed by atoms with Crippen molar-refractivity contribution in [3.05, 3.63) is 72.8 Å². The Hall–Kier alpha value is -4.01. The van der Waals surface area contributed by atoms with Gasteiger partial charge in [0.1, 0.15) is 0 Å². The van der Waals surface area contributed by atoms with Crippen molar-refractivity contribution in [3.63, 3.8) is 0 Å². The Labute approximate surface area is 204 Å². The quantitative estimate of drug-likeness (QED) is 0.177. The lowest BCUT2D eigenvalue weighted by Crippen LogP contribution is -2.43. The lowest BCUT2D eigenvalue weighted by Gasteiger charge is -2.14. The molecule has 0 radical (unpaired) electrons. The molecule has 1 aromatic heterocycles. The summed E-state index contributed by atoms with van der Waals surface area (Å²) in [6, 6.07) is 22.8. The maximum Gasteiger partial charge on any atom is 0.243 e. The van der Waals surface area contributed by atoms with Gasteiger partial charge in [-0.15, -0.1) is 0 Å². The van der Waals surface area contributed by atoms with Crippen LogP contribution in [-0.4, -0.2) is 35.9 Å². The standard InChI is InChI=1S/C27H30N6O2/c28-16-6-5-9-22(29)27(35)30-17-25(34)31-18-12-14-19(15-13-18)32-26-20-7-1-3-10-23(20)33-24-11-4-2-8-21(24)26/h1-4,7-8,10-15,22H,5-6,9,16-17,28-29H2,(H,30,35)(H,31,34)(H,32,33). The summed E-state index contributed by atoms with van der Waals surface area (Å²) in [4.78, 5) is 29.1. The average molecular weight is 471 g/mol. The van der Waals surface area contributed by atoms with E-state index in [0.717, 1.165) is 46.0 Å². The van der Waals surface area contributed by atoms with Gasteiger partial charge in [0.05, 0.1) is 29.3 Å². The van der Waals surface area contributed by atoms with Crippen LogP contribution in [0.4, 0.5) is 17.1 Å². The summed E-state index contributed by atoms with van der Waals surface area (Å²) in [6.07, 6.45) is 2.14. The van der Waals surface area contributed by atoms with Crippen molar-refractivity contribution in [2.24, 2.45) is 11.5 Å². The number of amides is 2. The maximum atomic E-state index is 12.3. The number of rotatable bonds is 10. The van der Waals surface area contributed by atoms with Crippen molar-refractivity contribution in [1.82, 2.24) is 10.3 Å².